The second kappa shape index (κ2) is 7.90. The minimum atomic E-state index is -0.186. The number of carbonyl (C=O) groups is 2. The zero-order valence-corrected chi connectivity index (χ0v) is 16.3. The third-order valence-electron chi connectivity index (χ3n) is 4.40. The van der Waals surface area contributed by atoms with Crippen molar-refractivity contribution in [3.63, 3.8) is 0 Å². The van der Waals surface area contributed by atoms with E-state index in [0.717, 1.165) is 10.0 Å². The molecule has 0 radical (unpaired) electrons. The van der Waals surface area contributed by atoms with Gasteiger partial charge in [0.25, 0.3) is 5.91 Å². The average molecular weight is 421 g/mol. The Balaban J connectivity index is 1.51. The van der Waals surface area contributed by atoms with Crippen molar-refractivity contribution in [1.82, 2.24) is 20.3 Å². The van der Waals surface area contributed by atoms with Gasteiger partial charge in [0.15, 0.2) is 0 Å². The molecule has 0 spiro atoms. The van der Waals surface area contributed by atoms with Crippen LogP contribution in [0.5, 0.6) is 0 Å². The number of benzene rings is 1. The largest absolute Gasteiger partial charge is 0.351 e. The Bertz CT molecular complexity index is 782. The molecule has 7 nitrogen and oxygen atoms in total. The molecule has 26 heavy (non-hydrogen) atoms. The van der Waals surface area contributed by atoms with Crippen LogP contribution in [0, 0.1) is 6.92 Å². The quantitative estimate of drug-likeness (QED) is 0.827. The maximum Gasteiger partial charge on any atom is 0.317 e. The standard InChI is InChI=1S/C18H21BrN4O3/c1-12-11-16(26-21-12)17(24)22-7-9-23(10-8-22)18(25)20-13(2)14-3-5-15(19)6-4-14/h3-6,11,13H,7-10H2,1-2H3,(H,20,25). The molecule has 1 unspecified atom stereocenters. The first-order chi connectivity index (χ1) is 12.4. The first kappa shape index (κ1) is 18.4. The number of nitrogens with zero attached hydrogens (tertiary/aromatic N) is 3. The van der Waals surface area contributed by atoms with Gasteiger partial charge in [-0.3, -0.25) is 4.79 Å². The smallest absolute Gasteiger partial charge is 0.317 e. The second-order valence-corrected chi connectivity index (χ2v) is 7.25. The van der Waals surface area contributed by atoms with E-state index in [9.17, 15) is 9.59 Å². The maximum atomic E-state index is 12.5. The number of piperazine rings is 1. The monoisotopic (exact) mass is 420 g/mol. The molecule has 0 aliphatic carbocycles. The van der Waals surface area contributed by atoms with Crippen molar-refractivity contribution in [3.8, 4) is 0 Å². The molecule has 0 bridgehead atoms. The first-order valence-electron chi connectivity index (χ1n) is 8.47. The SMILES string of the molecule is Cc1cc(C(=O)N2CCN(C(=O)NC(C)c3ccc(Br)cc3)CC2)on1. The van der Waals surface area contributed by atoms with Gasteiger partial charge in [-0.2, -0.15) is 0 Å². The number of hydrogen-bond acceptors (Lipinski definition) is 4. The lowest BCUT2D eigenvalue weighted by molar-refractivity contribution is 0.0623. The van der Waals surface area contributed by atoms with Crippen molar-refractivity contribution in [1.29, 1.82) is 0 Å². The van der Waals surface area contributed by atoms with Crippen LogP contribution in [0.25, 0.3) is 0 Å². The minimum Gasteiger partial charge on any atom is -0.351 e. The van der Waals surface area contributed by atoms with E-state index >= 15 is 0 Å². The highest BCUT2D eigenvalue weighted by Crippen LogP contribution is 2.17. The van der Waals surface area contributed by atoms with E-state index in [0.29, 0.717) is 31.9 Å². The van der Waals surface area contributed by atoms with Gasteiger partial charge in [0, 0.05) is 36.7 Å². The van der Waals surface area contributed by atoms with Crippen LogP contribution in [0.2, 0.25) is 0 Å². The number of nitrogens with one attached hydrogen (secondary N) is 1. The summed E-state index contributed by atoms with van der Waals surface area (Å²) in [6.45, 7) is 5.63. The summed E-state index contributed by atoms with van der Waals surface area (Å²) in [6, 6.07) is 9.27. The van der Waals surface area contributed by atoms with E-state index in [1.807, 2.05) is 31.2 Å². The predicted molar refractivity (Wildman–Crippen MR) is 99.8 cm³/mol. The Morgan fingerprint density at radius 3 is 2.35 bits per heavy atom. The van der Waals surface area contributed by atoms with Gasteiger partial charge in [0.2, 0.25) is 5.76 Å². The predicted octanol–water partition coefficient (Wildman–Crippen LogP) is 2.97. The van der Waals surface area contributed by atoms with Crippen LogP contribution in [0.3, 0.4) is 0 Å². The van der Waals surface area contributed by atoms with E-state index in [1.54, 1.807) is 22.8 Å². The summed E-state index contributed by atoms with van der Waals surface area (Å²) in [5.41, 5.74) is 1.71. The van der Waals surface area contributed by atoms with E-state index in [2.05, 4.69) is 26.4 Å². The summed E-state index contributed by atoms with van der Waals surface area (Å²) in [5, 5.41) is 6.75. The third-order valence-corrected chi connectivity index (χ3v) is 4.93. The van der Waals surface area contributed by atoms with E-state index < -0.39 is 0 Å². The molecule has 1 N–H and O–H groups in total. The van der Waals surface area contributed by atoms with Crippen LogP contribution in [0.4, 0.5) is 4.79 Å². The van der Waals surface area contributed by atoms with Gasteiger partial charge in [0.1, 0.15) is 0 Å². The fourth-order valence-electron chi connectivity index (χ4n) is 2.84. The number of carbonyl (C=O) groups excluding carboxylic acids is 2. The van der Waals surface area contributed by atoms with Gasteiger partial charge in [-0.15, -0.1) is 0 Å². The van der Waals surface area contributed by atoms with Gasteiger partial charge in [-0.05, 0) is 31.5 Å². The van der Waals surface area contributed by atoms with Gasteiger partial charge < -0.3 is 19.6 Å². The van der Waals surface area contributed by atoms with Gasteiger partial charge in [-0.1, -0.05) is 33.2 Å². The Morgan fingerprint density at radius 1 is 1.15 bits per heavy atom. The first-order valence-corrected chi connectivity index (χ1v) is 9.27. The average Bonchev–Trinajstić information content (AvgIpc) is 3.08. The molecule has 1 aliphatic rings. The zero-order chi connectivity index (χ0) is 18.7. The molecule has 138 valence electrons. The van der Waals surface area contributed by atoms with Gasteiger partial charge in [0.05, 0.1) is 11.7 Å². The van der Waals surface area contributed by atoms with Crippen molar-refractivity contribution < 1.29 is 14.1 Å². The molecule has 1 aliphatic heterocycles. The lowest BCUT2D eigenvalue weighted by Crippen LogP contribution is -2.53. The summed E-state index contributed by atoms with van der Waals surface area (Å²) < 4.78 is 6.03. The molecule has 1 aromatic carbocycles. The van der Waals surface area contributed by atoms with Crippen LogP contribution in [0.15, 0.2) is 39.3 Å². The molecule has 1 fully saturated rings. The van der Waals surface area contributed by atoms with Crippen LogP contribution >= 0.6 is 15.9 Å². The van der Waals surface area contributed by atoms with E-state index in [4.69, 9.17) is 4.52 Å². The number of rotatable bonds is 3. The topological polar surface area (TPSA) is 78.7 Å². The molecule has 1 atom stereocenters. The van der Waals surface area contributed by atoms with Crippen LogP contribution < -0.4 is 5.32 Å². The van der Waals surface area contributed by atoms with E-state index in [-0.39, 0.29) is 23.7 Å². The summed E-state index contributed by atoms with van der Waals surface area (Å²) in [7, 11) is 0. The molecule has 8 heteroatoms. The summed E-state index contributed by atoms with van der Waals surface area (Å²) >= 11 is 3.41. The third kappa shape index (κ3) is 4.24. The highest BCUT2D eigenvalue weighted by molar-refractivity contribution is 9.10. The Kier molecular flexibility index (Phi) is 5.61. The highest BCUT2D eigenvalue weighted by atomic mass is 79.9. The number of aryl methyl sites for hydroxylation is 1. The molecule has 3 rings (SSSR count). The molecule has 2 aromatic rings. The van der Waals surface area contributed by atoms with Crippen molar-refractivity contribution >= 4 is 27.9 Å². The molecule has 1 saturated heterocycles. The maximum absolute atomic E-state index is 12.5. The summed E-state index contributed by atoms with van der Waals surface area (Å²) in [4.78, 5) is 28.2. The number of aromatic nitrogens is 1. The molecular formula is C18H21BrN4O3. The van der Waals surface area contributed by atoms with Crippen LogP contribution in [-0.2, 0) is 0 Å². The van der Waals surface area contributed by atoms with Gasteiger partial charge in [-0.25, -0.2) is 4.79 Å². The number of amides is 3. The zero-order valence-electron chi connectivity index (χ0n) is 14.7. The molecule has 1 aromatic heterocycles. The van der Waals surface area contributed by atoms with Crippen molar-refractivity contribution in [2.75, 3.05) is 26.2 Å². The second-order valence-electron chi connectivity index (χ2n) is 6.33. The summed E-state index contributed by atoms with van der Waals surface area (Å²) in [5.74, 6) is 0.0538. The number of halogens is 1. The molecule has 3 amide bonds. The Morgan fingerprint density at radius 2 is 1.77 bits per heavy atom. The van der Waals surface area contributed by atoms with E-state index in [1.165, 1.54) is 0 Å². The Labute approximate surface area is 160 Å². The van der Waals surface area contributed by atoms with Crippen molar-refractivity contribution in [2.45, 2.75) is 19.9 Å². The lowest BCUT2D eigenvalue weighted by atomic mass is 10.1. The van der Waals surface area contributed by atoms with Gasteiger partial charge >= 0.3 is 6.03 Å². The Hall–Kier alpha value is -2.35. The van der Waals surface area contributed by atoms with Crippen LogP contribution in [0.1, 0.15) is 34.8 Å². The fraction of sp³-hybridized carbons (Fsp3) is 0.389. The fourth-order valence-corrected chi connectivity index (χ4v) is 3.11. The van der Waals surface area contributed by atoms with Crippen molar-refractivity contribution in [2.24, 2.45) is 0 Å². The normalized spacial score (nSPS) is 15.7. The van der Waals surface area contributed by atoms with Crippen LogP contribution in [-0.4, -0.2) is 53.1 Å². The van der Waals surface area contributed by atoms with Crippen molar-refractivity contribution in [3.05, 3.63) is 51.8 Å². The number of hydrogen-bond donors (Lipinski definition) is 1. The molecule has 2 heterocycles. The number of urea groups is 1. The molecule has 0 saturated carbocycles. The molecular weight excluding hydrogens is 400 g/mol. The summed E-state index contributed by atoms with van der Waals surface area (Å²) in [6.07, 6.45) is 0. The lowest BCUT2D eigenvalue weighted by Gasteiger charge is -2.34. The highest BCUT2D eigenvalue weighted by Gasteiger charge is 2.27. The minimum absolute atomic E-state index is 0.0903.